The Hall–Kier alpha value is -0.320. The summed E-state index contributed by atoms with van der Waals surface area (Å²) in [5.74, 6) is 0. The highest BCUT2D eigenvalue weighted by Gasteiger charge is 2.31. The van der Waals surface area contributed by atoms with Crippen LogP contribution in [0.4, 0.5) is 0 Å². The average Bonchev–Trinajstić information content (AvgIpc) is 2.43. The van der Waals surface area contributed by atoms with Gasteiger partial charge in [0.05, 0.1) is 6.61 Å². The van der Waals surface area contributed by atoms with Gasteiger partial charge in [0.25, 0.3) is 0 Å². The van der Waals surface area contributed by atoms with Crippen LogP contribution in [0.2, 0.25) is 10.0 Å². The van der Waals surface area contributed by atoms with Gasteiger partial charge in [0, 0.05) is 47.3 Å². The second kappa shape index (κ2) is 6.91. The molecule has 0 aliphatic carbocycles. The second-order valence-electron chi connectivity index (χ2n) is 5.07. The highest BCUT2D eigenvalue weighted by molar-refractivity contribution is 6.35. The van der Waals surface area contributed by atoms with E-state index < -0.39 is 0 Å². The number of nitrogens with one attached hydrogen (secondary N) is 1. The monoisotopic (exact) mass is 303 g/mol. The summed E-state index contributed by atoms with van der Waals surface area (Å²) < 4.78 is 5.35. The molecule has 2 rings (SSSR count). The number of hydrogen-bond donors (Lipinski definition) is 2. The lowest BCUT2D eigenvalue weighted by Crippen LogP contribution is -2.41. The molecular formula is C14H19Cl2NO2. The summed E-state index contributed by atoms with van der Waals surface area (Å²) in [6.07, 6.45) is 1.76. The summed E-state index contributed by atoms with van der Waals surface area (Å²) in [6, 6.07) is 5.50. The maximum atomic E-state index is 9.60. The van der Waals surface area contributed by atoms with Crippen molar-refractivity contribution >= 4 is 23.2 Å². The lowest BCUT2D eigenvalue weighted by molar-refractivity contribution is -0.0154. The Labute approximate surface area is 123 Å². The van der Waals surface area contributed by atoms with Gasteiger partial charge in [-0.15, -0.1) is 0 Å². The van der Waals surface area contributed by atoms with Crippen molar-refractivity contribution in [2.75, 3.05) is 26.4 Å². The molecule has 1 aromatic carbocycles. The molecule has 1 heterocycles. The van der Waals surface area contributed by atoms with Gasteiger partial charge in [0.1, 0.15) is 0 Å². The van der Waals surface area contributed by atoms with E-state index in [1.807, 2.05) is 18.2 Å². The Bertz CT molecular complexity index is 400. The minimum atomic E-state index is -0.0774. The molecule has 0 aromatic heterocycles. The van der Waals surface area contributed by atoms with Gasteiger partial charge in [-0.25, -0.2) is 0 Å². The van der Waals surface area contributed by atoms with Gasteiger partial charge in [0.2, 0.25) is 0 Å². The fourth-order valence-electron chi connectivity index (χ4n) is 2.35. The zero-order valence-corrected chi connectivity index (χ0v) is 12.3. The van der Waals surface area contributed by atoms with E-state index in [-0.39, 0.29) is 12.0 Å². The first-order chi connectivity index (χ1) is 9.17. The first-order valence-corrected chi connectivity index (χ1v) is 7.25. The molecule has 5 heteroatoms. The standard InChI is InChI=1S/C14H19Cl2NO2/c15-12-2-1-3-13(16)11(12)8-17-9-14(10-18)4-6-19-7-5-14/h1-3,17-18H,4-10H2. The van der Waals surface area contributed by atoms with Crippen LogP contribution >= 0.6 is 23.2 Å². The van der Waals surface area contributed by atoms with Crippen LogP contribution in [0.3, 0.4) is 0 Å². The lowest BCUT2D eigenvalue weighted by Gasteiger charge is -2.35. The highest BCUT2D eigenvalue weighted by atomic mass is 35.5. The molecule has 0 atom stereocenters. The van der Waals surface area contributed by atoms with Gasteiger partial charge < -0.3 is 15.2 Å². The van der Waals surface area contributed by atoms with Gasteiger partial charge in [-0.1, -0.05) is 29.3 Å². The summed E-state index contributed by atoms with van der Waals surface area (Å²) in [6.45, 7) is 2.97. The van der Waals surface area contributed by atoms with Crippen molar-refractivity contribution in [3.05, 3.63) is 33.8 Å². The number of benzene rings is 1. The fraction of sp³-hybridized carbons (Fsp3) is 0.571. The molecule has 0 spiro atoms. The normalized spacial score (nSPS) is 18.5. The molecule has 0 unspecified atom stereocenters. The van der Waals surface area contributed by atoms with Crippen LogP contribution in [-0.2, 0) is 11.3 Å². The number of halogens is 2. The third-order valence-corrected chi connectivity index (χ3v) is 4.46. The molecule has 1 aliphatic heterocycles. The van der Waals surface area contributed by atoms with Crippen LogP contribution in [0.5, 0.6) is 0 Å². The van der Waals surface area contributed by atoms with Gasteiger partial charge in [-0.3, -0.25) is 0 Å². The molecule has 0 bridgehead atoms. The number of aliphatic hydroxyl groups excluding tert-OH is 1. The largest absolute Gasteiger partial charge is 0.396 e. The second-order valence-corrected chi connectivity index (χ2v) is 5.89. The molecule has 106 valence electrons. The summed E-state index contributed by atoms with van der Waals surface area (Å²) in [7, 11) is 0. The van der Waals surface area contributed by atoms with Crippen LogP contribution in [0.15, 0.2) is 18.2 Å². The summed E-state index contributed by atoms with van der Waals surface area (Å²) in [5.41, 5.74) is 0.831. The molecule has 3 nitrogen and oxygen atoms in total. The Kier molecular flexibility index (Phi) is 5.48. The highest BCUT2D eigenvalue weighted by Crippen LogP contribution is 2.30. The SMILES string of the molecule is OCC1(CNCc2c(Cl)cccc2Cl)CCOCC1. The van der Waals surface area contributed by atoms with E-state index in [2.05, 4.69) is 5.32 Å². The van der Waals surface area contributed by atoms with Gasteiger partial charge in [0.15, 0.2) is 0 Å². The smallest absolute Gasteiger partial charge is 0.0501 e. The number of rotatable bonds is 5. The predicted molar refractivity (Wildman–Crippen MR) is 77.7 cm³/mol. The Balaban J connectivity index is 1.92. The molecular weight excluding hydrogens is 285 g/mol. The zero-order valence-electron chi connectivity index (χ0n) is 10.8. The number of ether oxygens (including phenoxy) is 1. The average molecular weight is 304 g/mol. The molecule has 1 aromatic rings. The summed E-state index contributed by atoms with van der Waals surface area (Å²) in [5, 5.41) is 14.3. The molecule has 1 saturated heterocycles. The van der Waals surface area contributed by atoms with Gasteiger partial charge in [-0.2, -0.15) is 0 Å². The number of aliphatic hydroxyl groups is 1. The van der Waals surface area contributed by atoms with Crippen molar-refractivity contribution in [2.45, 2.75) is 19.4 Å². The fourth-order valence-corrected chi connectivity index (χ4v) is 2.88. The first-order valence-electron chi connectivity index (χ1n) is 6.49. The predicted octanol–water partition coefficient (Wildman–Crippen LogP) is 2.87. The molecule has 0 radical (unpaired) electrons. The quantitative estimate of drug-likeness (QED) is 0.879. The van der Waals surface area contributed by atoms with Crippen molar-refractivity contribution in [3.8, 4) is 0 Å². The van der Waals surface area contributed by atoms with E-state index in [1.165, 1.54) is 0 Å². The van der Waals surface area contributed by atoms with Crippen molar-refractivity contribution in [3.63, 3.8) is 0 Å². The molecule has 19 heavy (non-hydrogen) atoms. The van der Waals surface area contributed by atoms with Crippen LogP contribution in [-0.4, -0.2) is 31.5 Å². The van der Waals surface area contributed by atoms with Crippen molar-refractivity contribution in [1.29, 1.82) is 0 Å². The van der Waals surface area contributed by atoms with E-state index in [0.29, 0.717) is 16.6 Å². The van der Waals surface area contributed by atoms with E-state index >= 15 is 0 Å². The van der Waals surface area contributed by atoms with E-state index in [1.54, 1.807) is 0 Å². The Morgan fingerprint density at radius 3 is 2.42 bits per heavy atom. The van der Waals surface area contributed by atoms with Crippen LogP contribution in [0.25, 0.3) is 0 Å². The summed E-state index contributed by atoms with van der Waals surface area (Å²) in [4.78, 5) is 0. The molecule has 0 amide bonds. The molecule has 2 N–H and O–H groups in total. The van der Waals surface area contributed by atoms with Crippen LogP contribution in [0, 0.1) is 5.41 Å². The van der Waals surface area contributed by atoms with Crippen molar-refractivity contribution < 1.29 is 9.84 Å². The summed E-state index contributed by atoms with van der Waals surface area (Å²) >= 11 is 12.3. The lowest BCUT2D eigenvalue weighted by atomic mass is 9.81. The van der Waals surface area contributed by atoms with Gasteiger partial charge >= 0.3 is 0 Å². The zero-order chi connectivity index (χ0) is 13.7. The molecule has 1 aliphatic rings. The van der Waals surface area contributed by atoms with E-state index in [4.69, 9.17) is 27.9 Å². The number of hydrogen-bond acceptors (Lipinski definition) is 3. The molecule has 1 fully saturated rings. The minimum Gasteiger partial charge on any atom is -0.396 e. The minimum absolute atomic E-state index is 0.0774. The Morgan fingerprint density at radius 2 is 1.84 bits per heavy atom. The third-order valence-electron chi connectivity index (χ3n) is 3.75. The van der Waals surface area contributed by atoms with Crippen LogP contribution in [0.1, 0.15) is 18.4 Å². The maximum absolute atomic E-state index is 9.60. The van der Waals surface area contributed by atoms with Crippen LogP contribution < -0.4 is 5.32 Å². The molecule has 0 saturated carbocycles. The maximum Gasteiger partial charge on any atom is 0.0501 e. The van der Waals surface area contributed by atoms with Gasteiger partial charge in [-0.05, 0) is 25.0 Å². The first kappa shape index (κ1) is 15.1. The van der Waals surface area contributed by atoms with E-state index in [9.17, 15) is 5.11 Å². The van der Waals surface area contributed by atoms with Crippen molar-refractivity contribution in [2.24, 2.45) is 5.41 Å². The van der Waals surface area contributed by atoms with E-state index in [0.717, 1.165) is 38.2 Å². The Morgan fingerprint density at radius 1 is 1.21 bits per heavy atom. The topological polar surface area (TPSA) is 41.5 Å². The third kappa shape index (κ3) is 3.83. The van der Waals surface area contributed by atoms with Crippen molar-refractivity contribution in [1.82, 2.24) is 5.32 Å².